The van der Waals surface area contributed by atoms with Crippen LogP contribution in [0, 0.1) is 5.92 Å². The first kappa shape index (κ1) is 13.6. The van der Waals surface area contributed by atoms with E-state index < -0.39 is 0 Å². The molecule has 16 heavy (non-hydrogen) atoms. The SMILES string of the molecule is CCSc1ccc(C(C)C(CN)CN)cc1. The lowest BCUT2D eigenvalue weighted by Crippen LogP contribution is -2.27. The Morgan fingerprint density at radius 1 is 1.12 bits per heavy atom. The molecule has 0 bridgehead atoms. The number of nitrogens with two attached hydrogens (primary N) is 2. The first-order valence-corrected chi connectivity index (χ1v) is 6.84. The standard InChI is InChI=1S/C13H22N2S/c1-3-16-13-6-4-11(5-7-13)10(2)12(8-14)9-15/h4-7,10,12H,3,8-9,14-15H2,1-2H3. The fourth-order valence-corrected chi connectivity index (χ4v) is 2.47. The topological polar surface area (TPSA) is 52.0 Å². The summed E-state index contributed by atoms with van der Waals surface area (Å²) >= 11 is 1.87. The summed E-state index contributed by atoms with van der Waals surface area (Å²) in [6.45, 7) is 5.68. The molecule has 0 saturated carbocycles. The molecule has 3 heteroatoms. The average molecular weight is 238 g/mol. The quantitative estimate of drug-likeness (QED) is 0.748. The third-order valence-corrected chi connectivity index (χ3v) is 3.92. The Labute approximate surface area is 103 Å². The highest BCUT2D eigenvalue weighted by molar-refractivity contribution is 7.99. The van der Waals surface area contributed by atoms with Crippen LogP contribution in [0.3, 0.4) is 0 Å². The fraction of sp³-hybridized carbons (Fsp3) is 0.538. The van der Waals surface area contributed by atoms with E-state index in [-0.39, 0.29) is 0 Å². The van der Waals surface area contributed by atoms with E-state index in [4.69, 9.17) is 11.5 Å². The van der Waals surface area contributed by atoms with Crippen molar-refractivity contribution in [3.8, 4) is 0 Å². The maximum Gasteiger partial charge on any atom is 0.00720 e. The Bertz CT molecular complexity index is 293. The molecule has 4 N–H and O–H groups in total. The highest BCUT2D eigenvalue weighted by Crippen LogP contribution is 2.25. The number of thioether (sulfide) groups is 1. The lowest BCUT2D eigenvalue weighted by molar-refractivity contribution is 0.466. The summed E-state index contributed by atoms with van der Waals surface area (Å²) in [4.78, 5) is 1.33. The number of rotatable bonds is 6. The van der Waals surface area contributed by atoms with Crippen molar-refractivity contribution < 1.29 is 0 Å². The lowest BCUT2D eigenvalue weighted by atomic mass is 9.88. The zero-order chi connectivity index (χ0) is 12.0. The van der Waals surface area contributed by atoms with Crippen LogP contribution < -0.4 is 11.5 Å². The Balaban J connectivity index is 2.72. The predicted molar refractivity (Wildman–Crippen MR) is 72.9 cm³/mol. The summed E-state index contributed by atoms with van der Waals surface area (Å²) in [5.74, 6) is 1.93. The summed E-state index contributed by atoms with van der Waals surface area (Å²) in [6, 6.07) is 8.76. The first-order chi connectivity index (χ1) is 7.72. The predicted octanol–water partition coefficient (Wildman–Crippen LogP) is 2.44. The van der Waals surface area contributed by atoms with Crippen molar-refractivity contribution >= 4 is 11.8 Å². The third kappa shape index (κ3) is 3.51. The van der Waals surface area contributed by atoms with Gasteiger partial charge in [-0.3, -0.25) is 0 Å². The zero-order valence-electron chi connectivity index (χ0n) is 10.1. The van der Waals surface area contributed by atoms with Crippen LogP contribution in [0.2, 0.25) is 0 Å². The summed E-state index contributed by atoms with van der Waals surface area (Å²) in [6.07, 6.45) is 0. The van der Waals surface area contributed by atoms with E-state index in [1.165, 1.54) is 10.5 Å². The number of benzene rings is 1. The van der Waals surface area contributed by atoms with Crippen LogP contribution in [0.1, 0.15) is 25.3 Å². The molecule has 1 aromatic carbocycles. The van der Waals surface area contributed by atoms with E-state index in [1.807, 2.05) is 11.8 Å². The van der Waals surface area contributed by atoms with Gasteiger partial charge in [-0.2, -0.15) is 0 Å². The molecular formula is C13H22N2S. The van der Waals surface area contributed by atoms with Crippen molar-refractivity contribution in [3.63, 3.8) is 0 Å². The van der Waals surface area contributed by atoms with Crippen LogP contribution in [-0.2, 0) is 0 Å². The highest BCUT2D eigenvalue weighted by Gasteiger charge is 2.15. The summed E-state index contributed by atoms with van der Waals surface area (Å²) in [5.41, 5.74) is 12.8. The largest absolute Gasteiger partial charge is 0.330 e. The van der Waals surface area contributed by atoms with Crippen LogP contribution in [-0.4, -0.2) is 18.8 Å². The highest BCUT2D eigenvalue weighted by atomic mass is 32.2. The fourth-order valence-electron chi connectivity index (χ4n) is 1.81. The second kappa shape index (κ2) is 6.94. The Kier molecular flexibility index (Phi) is 5.88. The van der Waals surface area contributed by atoms with Gasteiger partial charge < -0.3 is 11.5 Å². The second-order valence-corrected chi connectivity index (χ2v) is 5.36. The van der Waals surface area contributed by atoms with Gasteiger partial charge in [-0.15, -0.1) is 11.8 Å². The summed E-state index contributed by atoms with van der Waals surface area (Å²) < 4.78 is 0. The molecule has 1 rings (SSSR count). The minimum atomic E-state index is 0.379. The van der Waals surface area contributed by atoms with E-state index in [9.17, 15) is 0 Å². The summed E-state index contributed by atoms with van der Waals surface area (Å²) in [7, 11) is 0. The molecule has 1 atom stereocenters. The van der Waals surface area contributed by atoms with Gasteiger partial charge in [-0.1, -0.05) is 26.0 Å². The van der Waals surface area contributed by atoms with Crippen LogP contribution in [0.25, 0.3) is 0 Å². The van der Waals surface area contributed by atoms with Gasteiger partial charge in [0.25, 0.3) is 0 Å². The van der Waals surface area contributed by atoms with E-state index in [1.54, 1.807) is 0 Å². The van der Waals surface area contributed by atoms with Crippen molar-refractivity contribution in [1.29, 1.82) is 0 Å². The summed E-state index contributed by atoms with van der Waals surface area (Å²) in [5, 5.41) is 0. The van der Waals surface area contributed by atoms with Gasteiger partial charge in [0.2, 0.25) is 0 Å². The van der Waals surface area contributed by atoms with Gasteiger partial charge in [0.1, 0.15) is 0 Å². The third-order valence-electron chi connectivity index (χ3n) is 3.03. The monoisotopic (exact) mass is 238 g/mol. The van der Waals surface area contributed by atoms with E-state index in [2.05, 4.69) is 38.1 Å². The van der Waals surface area contributed by atoms with Crippen molar-refractivity contribution in [1.82, 2.24) is 0 Å². The molecule has 0 radical (unpaired) electrons. The van der Waals surface area contributed by atoms with Crippen LogP contribution >= 0.6 is 11.8 Å². The molecule has 0 aliphatic carbocycles. The van der Waals surface area contributed by atoms with Crippen LogP contribution in [0.15, 0.2) is 29.2 Å². The molecule has 0 heterocycles. The van der Waals surface area contributed by atoms with E-state index >= 15 is 0 Å². The van der Waals surface area contributed by atoms with Crippen LogP contribution in [0.4, 0.5) is 0 Å². The molecule has 1 unspecified atom stereocenters. The van der Waals surface area contributed by atoms with Gasteiger partial charge in [-0.25, -0.2) is 0 Å². The molecule has 2 nitrogen and oxygen atoms in total. The maximum absolute atomic E-state index is 5.72. The molecule has 0 saturated heterocycles. The van der Waals surface area contributed by atoms with Gasteiger partial charge in [-0.05, 0) is 48.4 Å². The smallest absolute Gasteiger partial charge is 0.00720 e. The lowest BCUT2D eigenvalue weighted by Gasteiger charge is -2.21. The number of hydrogen-bond acceptors (Lipinski definition) is 3. The van der Waals surface area contributed by atoms with E-state index in [0.717, 1.165) is 5.75 Å². The van der Waals surface area contributed by atoms with E-state index in [0.29, 0.717) is 24.9 Å². The molecule has 0 spiro atoms. The normalized spacial score (nSPS) is 13.1. The second-order valence-electron chi connectivity index (χ2n) is 4.02. The Morgan fingerprint density at radius 2 is 1.69 bits per heavy atom. The molecule has 0 fully saturated rings. The molecule has 0 aliphatic rings. The average Bonchev–Trinajstić information content (AvgIpc) is 2.32. The molecule has 0 aliphatic heterocycles. The Morgan fingerprint density at radius 3 is 2.12 bits per heavy atom. The minimum Gasteiger partial charge on any atom is -0.330 e. The van der Waals surface area contributed by atoms with Gasteiger partial charge in [0.15, 0.2) is 0 Å². The van der Waals surface area contributed by atoms with Crippen LogP contribution in [0.5, 0.6) is 0 Å². The molecule has 90 valence electrons. The molecule has 1 aromatic rings. The maximum atomic E-state index is 5.72. The zero-order valence-corrected chi connectivity index (χ0v) is 11.0. The molecule has 0 amide bonds. The first-order valence-electron chi connectivity index (χ1n) is 5.85. The molecular weight excluding hydrogens is 216 g/mol. The van der Waals surface area contributed by atoms with Crippen molar-refractivity contribution in [2.45, 2.75) is 24.7 Å². The Hall–Kier alpha value is -0.510. The number of hydrogen-bond donors (Lipinski definition) is 2. The van der Waals surface area contributed by atoms with Crippen molar-refractivity contribution in [2.75, 3.05) is 18.8 Å². The van der Waals surface area contributed by atoms with Crippen molar-refractivity contribution in [2.24, 2.45) is 17.4 Å². The van der Waals surface area contributed by atoms with Gasteiger partial charge in [0, 0.05) is 4.90 Å². The van der Waals surface area contributed by atoms with Gasteiger partial charge in [0.05, 0.1) is 0 Å². The molecule has 0 aromatic heterocycles. The van der Waals surface area contributed by atoms with Gasteiger partial charge >= 0.3 is 0 Å². The minimum absolute atomic E-state index is 0.379. The van der Waals surface area contributed by atoms with Crippen molar-refractivity contribution in [3.05, 3.63) is 29.8 Å².